The van der Waals surface area contributed by atoms with Crippen molar-refractivity contribution >= 4 is 17.2 Å². The minimum Gasteiger partial charge on any atom is -0.439 e. The summed E-state index contributed by atoms with van der Waals surface area (Å²) in [5.41, 5.74) is 3.88. The molecule has 1 unspecified atom stereocenters. The first-order chi connectivity index (χ1) is 16.7. The van der Waals surface area contributed by atoms with Crippen molar-refractivity contribution in [3.63, 3.8) is 0 Å². The van der Waals surface area contributed by atoms with Gasteiger partial charge >= 0.3 is 0 Å². The van der Waals surface area contributed by atoms with Gasteiger partial charge in [0.25, 0.3) is 0 Å². The third kappa shape index (κ3) is 4.96. The average Bonchev–Trinajstić information content (AvgIpc) is 3.41. The Morgan fingerprint density at radius 3 is 2.65 bits per heavy atom. The average molecular weight is 459 g/mol. The maximum Gasteiger partial charge on any atom is 0.219 e. The number of hydrogen-bond acceptors (Lipinski definition) is 8. The van der Waals surface area contributed by atoms with Gasteiger partial charge in [-0.15, -0.1) is 0 Å². The fourth-order valence-electron chi connectivity index (χ4n) is 4.16. The van der Waals surface area contributed by atoms with Crippen molar-refractivity contribution in [3.8, 4) is 22.9 Å². The largest absolute Gasteiger partial charge is 0.439 e. The molecule has 4 heterocycles. The van der Waals surface area contributed by atoms with Crippen LogP contribution in [-0.2, 0) is 16.1 Å². The zero-order chi connectivity index (χ0) is 23.3. The number of aromatic nitrogens is 4. The molecule has 0 radical (unpaired) electrons. The zero-order valence-electron chi connectivity index (χ0n) is 18.9. The molecule has 1 fully saturated rings. The van der Waals surface area contributed by atoms with Crippen LogP contribution < -0.4 is 4.74 Å². The summed E-state index contributed by atoms with van der Waals surface area (Å²) in [5, 5.41) is 7.94. The molecule has 1 saturated heterocycles. The molecule has 1 N–H and O–H groups in total. The van der Waals surface area contributed by atoms with E-state index in [1.165, 1.54) is 0 Å². The lowest BCUT2D eigenvalue weighted by atomic mass is 10.1. The van der Waals surface area contributed by atoms with Gasteiger partial charge in [-0.2, -0.15) is 5.10 Å². The third-order valence-corrected chi connectivity index (χ3v) is 6.01. The number of pyridine rings is 2. The van der Waals surface area contributed by atoms with Gasteiger partial charge in [0, 0.05) is 81.5 Å². The van der Waals surface area contributed by atoms with Crippen LogP contribution in [0.2, 0.25) is 0 Å². The van der Waals surface area contributed by atoms with Crippen LogP contribution in [0.3, 0.4) is 0 Å². The summed E-state index contributed by atoms with van der Waals surface area (Å²) in [7, 11) is 1.57. The second-order valence-electron chi connectivity index (χ2n) is 8.23. The van der Waals surface area contributed by atoms with E-state index >= 15 is 0 Å². The zero-order valence-corrected chi connectivity index (χ0v) is 18.9. The van der Waals surface area contributed by atoms with Crippen molar-refractivity contribution in [3.05, 3.63) is 66.6 Å². The number of carbonyl (C=O) groups excluding carboxylic acids is 1. The highest BCUT2D eigenvalue weighted by molar-refractivity contribution is 5.80. The number of piperazine rings is 1. The van der Waals surface area contributed by atoms with Gasteiger partial charge in [0.15, 0.2) is 12.5 Å². The molecule has 0 spiro atoms. The van der Waals surface area contributed by atoms with Gasteiger partial charge in [0.1, 0.15) is 5.75 Å². The lowest BCUT2D eigenvalue weighted by Gasteiger charge is -2.36. The van der Waals surface area contributed by atoms with E-state index in [0.717, 1.165) is 66.7 Å². The number of carbonyl (C=O) groups is 1. The molecule has 1 aliphatic rings. The molecule has 1 atom stereocenters. The SMILES string of the molecule is COC(C=O)N1CCN(Cc2cnc3cc(Oc4ccc(-c5ccn[nH]5)cn4)ccc3c2)CC1. The fourth-order valence-corrected chi connectivity index (χ4v) is 4.16. The summed E-state index contributed by atoms with van der Waals surface area (Å²) >= 11 is 0. The monoisotopic (exact) mass is 458 g/mol. The van der Waals surface area contributed by atoms with Crippen molar-refractivity contribution in [1.29, 1.82) is 0 Å². The standard InChI is InChI=1S/C25H26N6O3/c1-33-25(17-32)31-10-8-30(9-11-31)16-18-12-19-2-4-21(13-23(19)26-14-18)34-24-5-3-20(15-27-24)22-6-7-28-29-22/h2-7,12-15,17,25H,8-11,16H2,1H3,(H,28,29). The summed E-state index contributed by atoms with van der Waals surface area (Å²) in [6.07, 6.45) is 5.78. The number of nitrogens with one attached hydrogen (secondary N) is 1. The summed E-state index contributed by atoms with van der Waals surface area (Å²) in [6.45, 7) is 4.18. The number of rotatable bonds is 8. The van der Waals surface area contributed by atoms with E-state index in [9.17, 15) is 4.79 Å². The van der Waals surface area contributed by atoms with Crippen LogP contribution in [-0.4, -0.2) is 75.8 Å². The third-order valence-electron chi connectivity index (χ3n) is 6.01. The minimum atomic E-state index is -0.453. The van der Waals surface area contributed by atoms with Crippen LogP contribution in [0.5, 0.6) is 11.6 Å². The van der Waals surface area contributed by atoms with Gasteiger partial charge in [-0.1, -0.05) is 0 Å². The number of benzene rings is 1. The highest BCUT2D eigenvalue weighted by Crippen LogP contribution is 2.26. The van der Waals surface area contributed by atoms with Crippen molar-refractivity contribution < 1.29 is 14.3 Å². The van der Waals surface area contributed by atoms with Gasteiger partial charge in [-0.25, -0.2) is 4.98 Å². The molecular weight excluding hydrogens is 432 g/mol. The van der Waals surface area contributed by atoms with Crippen LogP contribution in [0.1, 0.15) is 5.56 Å². The second kappa shape index (κ2) is 10.1. The number of H-pyrrole nitrogens is 1. The fraction of sp³-hybridized carbons (Fsp3) is 0.280. The molecule has 5 rings (SSSR count). The maximum atomic E-state index is 11.1. The summed E-state index contributed by atoms with van der Waals surface area (Å²) in [4.78, 5) is 24.6. The Morgan fingerprint density at radius 1 is 1.06 bits per heavy atom. The van der Waals surface area contributed by atoms with Crippen LogP contribution in [0.25, 0.3) is 22.2 Å². The lowest BCUT2D eigenvalue weighted by molar-refractivity contribution is -0.129. The Balaban J connectivity index is 1.21. The molecule has 0 aliphatic carbocycles. The van der Waals surface area contributed by atoms with Gasteiger partial charge in [0.05, 0.1) is 11.2 Å². The molecule has 9 nitrogen and oxygen atoms in total. The van der Waals surface area contributed by atoms with Crippen molar-refractivity contribution in [2.24, 2.45) is 0 Å². The molecule has 4 aromatic rings. The number of aldehydes is 1. The highest BCUT2D eigenvalue weighted by Gasteiger charge is 2.23. The highest BCUT2D eigenvalue weighted by atomic mass is 16.5. The molecular formula is C25H26N6O3. The first kappa shape index (κ1) is 22.1. The maximum absolute atomic E-state index is 11.1. The molecule has 0 saturated carbocycles. The Hall–Kier alpha value is -3.66. The van der Waals surface area contributed by atoms with Crippen molar-refractivity contribution in [2.75, 3.05) is 33.3 Å². The van der Waals surface area contributed by atoms with E-state index in [0.29, 0.717) is 11.6 Å². The molecule has 1 aromatic carbocycles. The van der Waals surface area contributed by atoms with Crippen LogP contribution >= 0.6 is 0 Å². The second-order valence-corrected chi connectivity index (χ2v) is 8.23. The Labute approximate surface area is 197 Å². The number of nitrogens with zero attached hydrogens (tertiary/aromatic N) is 5. The predicted octanol–water partition coefficient (Wildman–Crippen LogP) is 3.10. The van der Waals surface area contributed by atoms with E-state index in [2.05, 4.69) is 36.0 Å². The molecule has 9 heteroatoms. The smallest absolute Gasteiger partial charge is 0.219 e. The minimum absolute atomic E-state index is 0.453. The van der Waals surface area contributed by atoms with Gasteiger partial charge < -0.3 is 9.47 Å². The van der Waals surface area contributed by atoms with Crippen LogP contribution in [0, 0.1) is 0 Å². The summed E-state index contributed by atoms with van der Waals surface area (Å²) in [5.74, 6) is 1.21. The van der Waals surface area contributed by atoms with E-state index in [4.69, 9.17) is 9.47 Å². The van der Waals surface area contributed by atoms with Crippen LogP contribution in [0.4, 0.5) is 0 Å². The Bertz CT molecular complexity index is 1240. The quantitative estimate of drug-likeness (QED) is 0.403. The van der Waals surface area contributed by atoms with Crippen molar-refractivity contribution in [1.82, 2.24) is 30.0 Å². The first-order valence-corrected chi connectivity index (χ1v) is 11.2. The summed E-state index contributed by atoms with van der Waals surface area (Å²) in [6, 6.07) is 13.7. The molecule has 34 heavy (non-hydrogen) atoms. The summed E-state index contributed by atoms with van der Waals surface area (Å²) < 4.78 is 11.2. The Kier molecular flexibility index (Phi) is 6.57. The predicted molar refractivity (Wildman–Crippen MR) is 127 cm³/mol. The van der Waals surface area contributed by atoms with Crippen LogP contribution in [0.15, 0.2) is 61.1 Å². The van der Waals surface area contributed by atoms with E-state index < -0.39 is 6.23 Å². The molecule has 3 aromatic heterocycles. The number of ether oxygens (including phenoxy) is 2. The molecule has 0 amide bonds. The van der Waals surface area contributed by atoms with Gasteiger partial charge in [-0.05, 0) is 35.9 Å². The number of fused-ring (bicyclic) bond motifs is 1. The van der Waals surface area contributed by atoms with E-state index in [1.807, 2.05) is 42.6 Å². The van der Waals surface area contributed by atoms with E-state index in [1.54, 1.807) is 19.5 Å². The Morgan fingerprint density at radius 2 is 1.94 bits per heavy atom. The molecule has 1 aliphatic heterocycles. The van der Waals surface area contributed by atoms with Crippen molar-refractivity contribution in [2.45, 2.75) is 12.8 Å². The number of aromatic amines is 1. The number of methoxy groups -OCH3 is 1. The van der Waals surface area contributed by atoms with Gasteiger partial charge in [0.2, 0.25) is 5.88 Å². The molecule has 0 bridgehead atoms. The first-order valence-electron chi connectivity index (χ1n) is 11.2. The number of hydrogen-bond donors (Lipinski definition) is 1. The molecule has 174 valence electrons. The topological polar surface area (TPSA) is 96.5 Å². The van der Waals surface area contributed by atoms with E-state index in [-0.39, 0.29) is 0 Å². The normalized spacial score (nSPS) is 15.9. The lowest BCUT2D eigenvalue weighted by Crippen LogP contribution is -2.51. The van der Waals surface area contributed by atoms with Gasteiger partial charge in [-0.3, -0.25) is 24.7 Å².